The molecule has 21 heavy (non-hydrogen) atoms. The van der Waals surface area contributed by atoms with Gasteiger partial charge < -0.3 is 10.0 Å². The second-order valence-corrected chi connectivity index (χ2v) is 7.14. The zero-order chi connectivity index (χ0) is 15.5. The Hall–Kier alpha value is -0.860. The molecule has 0 amide bonds. The van der Waals surface area contributed by atoms with E-state index in [0.717, 1.165) is 18.4 Å². The van der Waals surface area contributed by atoms with E-state index in [1.54, 1.807) is 0 Å². The maximum Gasteiger partial charge on any atom is 0.0973 e. The van der Waals surface area contributed by atoms with Gasteiger partial charge in [0.15, 0.2) is 0 Å². The molecule has 1 aliphatic carbocycles. The lowest BCUT2D eigenvalue weighted by atomic mass is 9.79. The van der Waals surface area contributed by atoms with Crippen molar-refractivity contribution in [1.82, 2.24) is 4.90 Å². The first-order valence-corrected chi connectivity index (χ1v) is 8.43. The smallest absolute Gasteiger partial charge is 0.0973 e. The largest absolute Gasteiger partial charge is 0.386 e. The molecule has 0 spiro atoms. The quantitative estimate of drug-likeness (QED) is 0.825. The third-order valence-electron chi connectivity index (χ3n) is 5.29. The summed E-state index contributed by atoms with van der Waals surface area (Å²) in [6.45, 7) is 4.41. The van der Waals surface area contributed by atoms with Crippen LogP contribution in [0, 0.1) is 0 Å². The van der Waals surface area contributed by atoms with Gasteiger partial charge in [-0.2, -0.15) is 0 Å². The SMILES string of the molecule is CC(C)c1ccc(C(O)C2(N(C)C)CCCCCC2)cc1. The molecule has 2 heteroatoms. The predicted octanol–water partition coefficient (Wildman–Crippen LogP) is 4.50. The van der Waals surface area contributed by atoms with Gasteiger partial charge in [0.25, 0.3) is 0 Å². The second kappa shape index (κ2) is 6.93. The van der Waals surface area contributed by atoms with Crippen molar-refractivity contribution < 1.29 is 5.11 Å². The summed E-state index contributed by atoms with van der Waals surface area (Å²) >= 11 is 0. The van der Waals surface area contributed by atoms with E-state index >= 15 is 0 Å². The van der Waals surface area contributed by atoms with E-state index in [-0.39, 0.29) is 5.54 Å². The monoisotopic (exact) mass is 289 g/mol. The minimum atomic E-state index is -0.396. The fourth-order valence-corrected chi connectivity index (χ4v) is 3.68. The molecule has 1 saturated carbocycles. The molecule has 2 nitrogen and oxygen atoms in total. The zero-order valence-corrected chi connectivity index (χ0v) is 14.1. The lowest BCUT2D eigenvalue weighted by Crippen LogP contribution is -2.49. The van der Waals surface area contributed by atoms with E-state index in [1.165, 1.54) is 31.2 Å². The van der Waals surface area contributed by atoms with Crippen LogP contribution in [0.1, 0.15) is 75.5 Å². The normalized spacial score (nSPS) is 20.5. The number of hydrogen-bond acceptors (Lipinski definition) is 2. The van der Waals surface area contributed by atoms with Crippen molar-refractivity contribution in [2.45, 2.75) is 69.9 Å². The summed E-state index contributed by atoms with van der Waals surface area (Å²) in [5.74, 6) is 0.539. The first-order chi connectivity index (χ1) is 9.97. The lowest BCUT2D eigenvalue weighted by Gasteiger charge is -2.43. The Morgan fingerprint density at radius 3 is 1.81 bits per heavy atom. The van der Waals surface area contributed by atoms with Crippen molar-refractivity contribution in [3.8, 4) is 0 Å². The van der Waals surface area contributed by atoms with Crippen LogP contribution in [0.3, 0.4) is 0 Å². The van der Waals surface area contributed by atoms with Crippen LogP contribution < -0.4 is 0 Å². The Kier molecular flexibility index (Phi) is 5.45. The molecule has 1 aromatic carbocycles. The van der Waals surface area contributed by atoms with Gasteiger partial charge in [-0.15, -0.1) is 0 Å². The molecule has 0 heterocycles. The Morgan fingerprint density at radius 2 is 1.38 bits per heavy atom. The van der Waals surface area contributed by atoms with Crippen LogP contribution in [0.4, 0.5) is 0 Å². The first kappa shape index (κ1) is 16.5. The van der Waals surface area contributed by atoms with Gasteiger partial charge in [0.05, 0.1) is 11.6 Å². The van der Waals surface area contributed by atoms with E-state index in [2.05, 4.69) is 57.1 Å². The molecule has 118 valence electrons. The average Bonchev–Trinajstić information content (AvgIpc) is 2.73. The standard InChI is InChI=1S/C19H31NO/c1-15(2)16-9-11-17(12-10-16)18(21)19(20(3)4)13-7-5-6-8-14-19/h9-12,15,18,21H,5-8,13-14H2,1-4H3. The van der Waals surface area contributed by atoms with Gasteiger partial charge in [0.1, 0.15) is 0 Å². The highest BCUT2D eigenvalue weighted by molar-refractivity contribution is 5.28. The van der Waals surface area contributed by atoms with Crippen LogP contribution in [0.25, 0.3) is 0 Å². The molecule has 0 saturated heterocycles. The molecule has 1 atom stereocenters. The maximum absolute atomic E-state index is 11.1. The number of nitrogens with zero attached hydrogens (tertiary/aromatic N) is 1. The number of aliphatic hydroxyl groups excluding tert-OH is 1. The molecule has 1 unspecified atom stereocenters. The summed E-state index contributed by atoms with van der Waals surface area (Å²) in [6.07, 6.45) is 6.83. The molecular weight excluding hydrogens is 258 g/mol. The highest BCUT2D eigenvalue weighted by Gasteiger charge is 2.40. The van der Waals surface area contributed by atoms with Crippen LogP contribution >= 0.6 is 0 Å². The van der Waals surface area contributed by atoms with Crippen molar-refractivity contribution in [2.24, 2.45) is 0 Å². The molecule has 2 rings (SSSR count). The molecule has 0 aliphatic heterocycles. The number of likely N-dealkylation sites (N-methyl/N-ethyl adjacent to an activating group) is 1. The lowest BCUT2D eigenvalue weighted by molar-refractivity contribution is -0.0198. The van der Waals surface area contributed by atoms with Gasteiger partial charge >= 0.3 is 0 Å². The average molecular weight is 289 g/mol. The minimum Gasteiger partial charge on any atom is -0.386 e. The number of benzene rings is 1. The zero-order valence-electron chi connectivity index (χ0n) is 14.1. The fourth-order valence-electron chi connectivity index (χ4n) is 3.68. The summed E-state index contributed by atoms with van der Waals surface area (Å²) in [6, 6.07) is 8.58. The summed E-state index contributed by atoms with van der Waals surface area (Å²) in [7, 11) is 4.24. The van der Waals surface area contributed by atoms with E-state index in [0.29, 0.717) is 5.92 Å². The topological polar surface area (TPSA) is 23.5 Å². The molecule has 0 aromatic heterocycles. The molecular formula is C19H31NO. The van der Waals surface area contributed by atoms with Gasteiger partial charge in [-0.3, -0.25) is 0 Å². The summed E-state index contributed by atoms with van der Waals surface area (Å²) in [4.78, 5) is 2.26. The van der Waals surface area contributed by atoms with E-state index in [1.807, 2.05) is 0 Å². The highest BCUT2D eigenvalue weighted by Crippen LogP contribution is 2.41. The third kappa shape index (κ3) is 3.49. The van der Waals surface area contributed by atoms with Gasteiger partial charge in [-0.25, -0.2) is 0 Å². The first-order valence-electron chi connectivity index (χ1n) is 8.43. The number of hydrogen-bond donors (Lipinski definition) is 1. The van der Waals surface area contributed by atoms with Crippen molar-refractivity contribution in [1.29, 1.82) is 0 Å². The van der Waals surface area contributed by atoms with Gasteiger partial charge in [0, 0.05) is 0 Å². The van der Waals surface area contributed by atoms with Gasteiger partial charge in [0.2, 0.25) is 0 Å². The summed E-state index contributed by atoms with van der Waals surface area (Å²) in [5.41, 5.74) is 2.30. The maximum atomic E-state index is 11.1. The molecule has 0 bridgehead atoms. The number of aliphatic hydroxyl groups is 1. The minimum absolute atomic E-state index is 0.101. The van der Waals surface area contributed by atoms with Gasteiger partial charge in [-0.1, -0.05) is 63.8 Å². The molecule has 0 radical (unpaired) electrons. The van der Waals surface area contributed by atoms with Crippen LogP contribution in [-0.4, -0.2) is 29.6 Å². The summed E-state index contributed by atoms with van der Waals surface area (Å²) in [5, 5.41) is 11.1. The van der Waals surface area contributed by atoms with Crippen LogP contribution in [0.5, 0.6) is 0 Å². The van der Waals surface area contributed by atoms with Crippen LogP contribution in [0.2, 0.25) is 0 Å². The van der Waals surface area contributed by atoms with Gasteiger partial charge in [-0.05, 0) is 44.0 Å². The Morgan fingerprint density at radius 1 is 0.905 bits per heavy atom. The van der Waals surface area contributed by atoms with Crippen LogP contribution in [0.15, 0.2) is 24.3 Å². The van der Waals surface area contributed by atoms with Crippen molar-refractivity contribution in [3.63, 3.8) is 0 Å². The third-order valence-corrected chi connectivity index (χ3v) is 5.29. The fraction of sp³-hybridized carbons (Fsp3) is 0.684. The molecule has 1 fully saturated rings. The predicted molar refractivity (Wildman–Crippen MR) is 89.6 cm³/mol. The van der Waals surface area contributed by atoms with E-state index in [4.69, 9.17) is 0 Å². The Balaban J connectivity index is 2.27. The van der Waals surface area contributed by atoms with E-state index in [9.17, 15) is 5.11 Å². The van der Waals surface area contributed by atoms with E-state index < -0.39 is 6.10 Å². The Labute approximate surface area is 130 Å². The molecule has 1 N–H and O–H groups in total. The van der Waals surface area contributed by atoms with Crippen molar-refractivity contribution in [3.05, 3.63) is 35.4 Å². The second-order valence-electron chi connectivity index (χ2n) is 7.14. The Bertz CT molecular complexity index is 427. The van der Waals surface area contributed by atoms with Crippen molar-refractivity contribution >= 4 is 0 Å². The summed E-state index contributed by atoms with van der Waals surface area (Å²) < 4.78 is 0. The van der Waals surface area contributed by atoms with Crippen LogP contribution in [-0.2, 0) is 0 Å². The molecule has 1 aliphatic rings. The number of rotatable bonds is 4. The van der Waals surface area contributed by atoms with Crippen molar-refractivity contribution in [2.75, 3.05) is 14.1 Å². The molecule has 1 aromatic rings. The highest BCUT2D eigenvalue weighted by atomic mass is 16.3.